The number of carbonyl (C=O) groups excluding carboxylic acids is 1. The number of pyridine rings is 1. The second kappa shape index (κ2) is 7.63. The molecule has 2 unspecified atom stereocenters. The highest BCUT2D eigenvalue weighted by atomic mass is 16.5. The van der Waals surface area contributed by atoms with Gasteiger partial charge in [-0.1, -0.05) is 24.3 Å². The molecule has 1 aromatic carbocycles. The lowest BCUT2D eigenvalue weighted by atomic mass is 9.86. The zero-order valence-electron chi connectivity index (χ0n) is 18.6. The number of aromatic nitrogens is 3. The number of rotatable bonds is 6. The first kappa shape index (κ1) is 20.5. The number of ether oxygens (including phenoxy) is 1. The average Bonchev–Trinajstić information content (AvgIpc) is 3.39. The fourth-order valence-corrected chi connectivity index (χ4v) is 4.24. The van der Waals surface area contributed by atoms with Gasteiger partial charge in [0.15, 0.2) is 0 Å². The van der Waals surface area contributed by atoms with Crippen LogP contribution in [0.25, 0.3) is 22.3 Å². The number of hydrogen-bond donors (Lipinski definition) is 1. The predicted molar refractivity (Wildman–Crippen MR) is 121 cm³/mol. The van der Waals surface area contributed by atoms with E-state index in [1.54, 1.807) is 0 Å². The molecule has 1 saturated carbocycles. The summed E-state index contributed by atoms with van der Waals surface area (Å²) < 4.78 is 8.56. The van der Waals surface area contributed by atoms with Crippen LogP contribution in [0.4, 0.5) is 0 Å². The second-order valence-corrected chi connectivity index (χ2v) is 9.47. The molecular formula is C25H27N5O2. The van der Waals surface area contributed by atoms with Crippen LogP contribution in [0.1, 0.15) is 51.6 Å². The third-order valence-electron chi connectivity index (χ3n) is 6.61. The third kappa shape index (κ3) is 3.70. The Balaban J connectivity index is 1.53. The fraction of sp³-hybridized carbons (Fsp3) is 0.440. The zero-order chi connectivity index (χ0) is 22.5. The number of fused-ring (bicyclic) bond motifs is 1. The van der Waals surface area contributed by atoms with Crippen LogP contribution in [0.2, 0.25) is 0 Å². The van der Waals surface area contributed by atoms with E-state index in [0.29, 0.717) is 24.9 Å². The summed E-state index contributed by atoms with van der Waals surface area (Å²) >= 11 is 0. The number of hydrogen-bond acceptors (Lipinski definition) is 5. The SMILES string of the molecule is CC(Oc1nc(-c2ccc(C(C)(C)C#N)cc2)cc2ncn(C3CC3)c12)C1CNC(=O)C1. The number of amides is 1. The van der Waals surface area contributed by atoms with Crippen LogP contribution >= 0.6 is 0 Å². The molecule has 1 amide bonds. The van der Waals surface area contributed by atoms with E-state index in [2.05, 4.69) is 20.9 Å². The molecule has 3 heterocycles. The molecule has 0 bridgehead atoms. The first-order valence-corrected chi connectivity index (χ1v) is 11.2. The number of nitriles is 1. The van der Waals surface area contributed by atoms with Crippen molar-refractivity contribution in [2.75, 3.05) is 6.54 Å². The fourth-order valence-electron chi connectivity index (χ4n) is 4.24. The van der Waals surface area contributed by atoms with Gasteiger partial charge in [0.05, 0.1) is 29.0 Å². The van der Waals surface area contributed by atoms with Crippen LogP contribution in [-0.4, -0.2) is 33.1 Å². The van der Waals surface area contributed by atoms with Crippen molar-refractivity contribution in [3.8, 4) is 23.2 Å². The van der Waals surface area contributed by atoms with Crippen LogP contribution in [-0.2, 0) is 10.2 Å². The van der Waals surface area contributed by atoms with Crippen molar-refractivity contribution in [1.82, 2.24) is 19.9 Å². The van der Waals surface area contributed by atoms with Crippen LogP contribution in [0.5, 0.6) is 5.88 Å². The maximum Gasteiger partial charge on any atom is 0.241 e. The average molecular weight is 430 g/mol. The Morgan fingerprint density at radius 3 is 2.66 bits per heavy atom. The Labute approximate surface area is 187 Å². The van der Waals surface area contributed by atoms with Gasteiger partial charge < -0.3 is 14.6 Å². The largest absolute Gasteiger partial charge is 0.473 e. The van der Waals surface area contributed by atoms with Crippen LogP contribution in [0, 0.1) is 17.2 Å². The first-order valence-electron chi connectivity index (χ1n) is 11.2. The highest BCUT2D eigenvalue weighted by molar-refractivity contribution is 5.85. The summed E-state index contributed by atoms with van der Waals surface area (Å²) in [6, 6.07) is 12.7. The minimum atomic E-state index is -0.546. The summed E-state index contributed by atoms with van der Waals surface area (Å²) in [5.74, 6) is 0.753. The van der Waals surface area contributed by atoms with E-state index in [-0.39, 0.29) is 17.9 Å². The Kier molecular flexibility index (Phi) is 4.89. The van der Waals surface area contributed by atoms with E-state index < -0.39 is 5.41 Å². The molecule has 1 aliphatic heterocycles. The van der Waals surface area contributed by atoms with E-state index in [4.69, 9.17) is 9.72 Å². The molecule has 32 heavy (non-hydrogen) atoms. The standard InChI is InChI=1S/C25H27N5O2/c1-15(17-10-22(31)27-12-17)32-24-23-21(28-14-30(23)19-8-9-19)11-20(29-24)16-4-6-18(7-5-16)25(2,3)13-26/h4-7,11,14-15,17,19H,8-10,12H2,1-3H3,(H,27,31). The van der Waals surface area contributed by atoms with Crippen LogP contribution < -0.4 is 10.1 Å². The summed E-state index contributed by atoms with van der Waals surface area (Å²) in [6.45, 7) is 6.45. The highest BCUT2D eigenvalue weighted by Crippen LogP contribution is 2.40. The minimum Gasteiger partial charge on any atom is -0.473 e. The summed E-state index contributed by atoms with van der Waals surface area (Å²) in [5.41, 5.74) is 3.92. The van der Waals surface area contributed by atoms with Crippen molar-refractivity contribution in [3.63, 3.8) is 0 Å². The van der Waals surface area contributed by atoms with Gasteiger partial charge in [0.1, 0.15) is 11.6 Å². The van der Waals surface area contributed by atoms with Gasteiger partial charge in [-0.2, -0.15) is 5.26 Å². The maximum atomic E-state index is 11.7. The van der Waals surface area contributed by atoms with E-state index in [9.17, 15) is 10.1 Å². The number of nitrogens with zero attached hydrogens (tertiary/aromatic N) is 4. The van der Waals surface area contributed by atoms with E-state index >= 15 is 0 Å². The molecule has 1 aliphatic carbocycles. The second-order valence-electron chi connectivity index (χ2n) is 9.47. The molecule has 0 spiro atoms. The van der Waals surface area contributed by atoms with Gasteiger partial charge in [-0.3, -0.25) is 4.79 Å². The Morgan fingerprint density at radius 2 is 2.03 bits per heavy atom. The third-order valence-corrected chi connectivity index (χ3v) is 6.61. The molecule has 0 radical (unpaired) electrons. The highest BCUT2D eigenvalue weighted by Gasteiger charge is 2.31. The lowest BCUT2D eigenvalue weighted by Gasteiger charge is -2.20. The number of nitrogens with one attached hydrogen (secondary N) is 1. The van der Waals surface area contributed by atoms with Gasteiger partial charge in [-0.05, 0) is 45.2 Å². The topological polar surface area (TPSA) is 92.8 Å². The van der Waals surface area contributed by atoms with E-state index in [1.807, 2.05) is 57.4 Å². The molecule has 7 heteroatoms. The summed E-state index contributed by atoms with van der Waals surface area (Å²) in [5, 5.41) is 12.3. The van der Waals surface area contributed by atoms with Crippen molar-refractivity contribution in [3.05, 3.63) is 42.2 Å². The molecule has 2 aromatic heterocycles. The normalized spacial score (nSPS) is 19.6. The molecule has 164 valence electrons. The summed E-state index contributed by atoms with van der Waals surface area (Å²) in [6.07, 6.45) is 4.48. The zero-order valence-corrected chi connectivity index (χ0v) is 18.6. The maximum absolute atomic E-state index is 11.7. The number of benzene rings is 1. The lowest BCUT2D eigenvalue weighted by Crippen LogP contribution is -2.26. The molecule has 2 aliphatic rings. The number of imidazole rings is 1. The van der Waals surface area contributed by atoms with Gasteiger partial charge in [0, 0.05) is 30.5 Å². The van der Waals surface area contributed by atoms with Gasteiger partial charge in [0.25, 0.3) is 0 Å². The molecular weight excluding hydrogens is 402 g/mol. The van der Waals surface area contributed by atoms with Crippen molar-refractivity contribution in [1.29, 1.82) is 5.26 Å². The molecule has 5 rings (SSSR count). The molecule has 7 nitrogen and oxygen atoms in total. The predicted octanol–water partition coefficient (Wildman–Crippen LogP) is 4.14. The summed E-state index contributed by atoms with van der Waals surface area (Å²) in [4.78, 5) is 21.2. The van der Waals surface area contributed by atoms with Gasteiger partial charge in [0.2, 0.25) is 11.8 Å². The Hall–Kier alpha value is -3.40. The smallest absolute Gasteiger partial charge is 0.241 e. The van der Waals surface area contributed by atoms with Crippen molar-refractivity contribution in [2.45, 2.75) is 57.6 Å². The molecule has 2 atom stereocenters. The van der Waals surface area contributed by atoms with E-state index in [1.165, 1.54) is 0 Å². The summed E-state index contributed by atoms with van der Waals surface area (Å²) in [7, 11) is 0. The molecule has 1 saturated heterocycles. The Morgan fingerprint density at radius 1 is 1.28 bits per heavy atom. The van der Waals surface area contributed by atoms with Gasteiger partial charge in [-0.15, -0.1) is 0 Å². The van der Waals surface area contributed by atoms with E-state index in [0.717, 1.165) is 40.7 Å². The molecule has 1 N–H and O–H groups in total. The van der Waals surface area contributed by atoms with Gasteiger partial charge >= 0.3 is 0 Å². The first-order chi connectivity index (χ1) is 15.4. The molecule has 3 aromatic rings. The quantitative estimate of drug-likeness (QED) is 0.636. The minimum absolute atomic E-state index is 0.0701. The van der Waals surface area contributed by atoms with Crippen LogP contribution in [0.3, 0.4) is 0 Å². The van der Waals surface area contributed by atoms with Crippen molar-refractivity contribution < 1.29 is 9.53 Å². The van der Waals surface area contributed by atoms with Crippen molar-refractivity contribution in [2.24, 2.45) is 5.92 Å². The Bertz CT molecular complexity index is 1220. The lowest BCUT2D eigenvalue weighted by molar-refractivity contribution is -0.119. The van der Waals surface area contributed by atoms with Gasteiger partial charge in [-0.25, -0.2) is 9.97 Å². The van der Waals surface area contributed by atoms with Crippen molar-refractivity contribution >= 4 is 16.9 Å². The monoisotopic (exact) mass is 429 g/mol. The van der Waals surface area contributed by atoms with Crippen LogP contribution in [0.15, 0.2) is 36.7 Å². The number of carbonyl (C=O) groups is 1. The molecule has 2 fully saturated rings.